The number of nitrogens with zero attached hydrogens (tertiary/aromatic N) is 1. The molecule has 1 amide bonds. The predicted molar refractivity (Wildman–Crippen MR) is 92.1 cm³/mol. The van der Waals surface area contributed by atoms with Crippen molar-refractivity contribution < 1.29 is 9.53 Å². The number of halogens is 1. The molecule has 1 N–H and O–H groups in total. The van der Waals surface area contributed by atoms with Gasteiger partial charge in [-0.1, -0.05) is 35.9 Å². The second-order valence-electron chi connectivity index (χ2n) is 5.13. The number of aromatic nitrogens is 1. The minimum absolute atomic E-state index is 0.0956. The number of ether oxygens (including phenoxy) is 1. The minimum atomic E-state index is -0.247. The molecule has 3 aromatic rings. The van der Waals surface area contributed by atoms with Gasteiger partial charge in [0.25, 0.3) is 5.91 Å². The maximum atomic E-state index is 12.1. The van der Waals surface area contributed by atoms with Crippen LogP contribution in [0.3, 0.4) is 0 Å². The van der Waals surface area contributed by atoms with Crippen molar-refractivity contribution in [2.24, 2.45) is 0 Å². The molecule has 0 bridgehead atoms. The molecule has 0 aliphatic heterocycles. The molecule has 0 aliphatic rings. The molecule has 0 spiro atoms. The van der Waals surface area contributed by atoms with Crippen molar-refractivity contribution in [1.29, 1.82) is 0 Å². The Bertz CT molecular complexity index is 859. The topological polar surface area (TPSA) is 51.2 Å². The van der Waals surface area contributed by atoms with Gasteiger partial charge in [-0.25, -0.2) is 0 Å². The Kier molecular flexibility index (Phi) is 4.44. The van der Waals surface area contributed by atoms with Crippen molar-refractivity contribution in [2.45, 2.75) is 6.92 Å². The Balaban J connectivity index is 1.70. The van der Waals surface area contributed by atoms with Gasteiger partial charge in [0.15, 0.2) is 6.61 Å². The molecule has 2 aromatic carbocycles. The van der Waals surface area contributed by atoms with Crippen LogP contribution < -0.4 is 10.1 Å². The summed E-state index contributed by atoms with van der Waals surface area (Å²) < 4.78 is 5.62. The van der Waals surface area contributed by atoms with Crippen LogP contribution in [-0.2, 0) is 4.79 Å². The molecule has 1 heterocycles. The van der Waals surface area contributed by atoms with Crippen LogP contribution in [0.4, 0.5) is 5.69 Å². The number of hydrogen-bond donors (Lipinski definition) is 1. The van der Waals surface area contributed by atoms with E-state index >= 15 is 0 Å². The van der Waals surface area contributed by atoms with E-state index in [0.29, 0.717) is 16.5 Å². The molecule has 23 heavy (non-hydrogen) atoms. The number of anilines is 1. The first-order valence-electron chi connectivity index (χ1n) is 7.16. The average molecular weight is 327 g/mol. The first kappa shape index (κ1) is 15.3. The maximum absolute atomic E-state index is 12.1. The van der Waals surface area contributed by atoms with Crippen LogP contribution in [0.5, 0.6) is 5.75 Å². The lowest BCUT2D eigenvalue weighted by molar-refractivity contribution is -0.118. The van der Waals surface area contributed by atoms with E-state index < -0.39 is 0 Å². The second-order valence-corrected chi connectivity index (χ2v) is 5.56. The van der Waals surface area contributed by atoms with Crippen molar-refractivity contribution in [3.63, 3.8) is 0 Å². The van der Waals surface area contributed by atoms with Crippen molar-refractivity contribution in [3.05, 3.63) is 65.3 Å². The maximum Gasteiger partial charge on any atom is 0.262 e. The first-order valence-corrected chi connectivity index (χ1v) is 7.54. The minimum Gasteiger partial charge on any atom is -0.481 e. The highest BCUT2D eigenvalue weighted by atomic mass is 35.5. The molecule has 0 unspecified atom stereocenters. The molecule has 0 atom stereocenters. The molecule has 0 radical (unpaired) electrons. The summed E-state index contributed by atoms with van der Waals surface area (Å²) >= 11 is 5.95. The standard InChI is InChI=1S/C18H15ClN2O2/c1-12-7-8-14(19)10-15(12)21-17(22)11-23-16-6-2-4-13-5-3-9-20-18(13)16/h2-10H,11H2,1H3,(H,21,22). The zero-order chi connectivity index (χ0) is 16.2. The number of fused-ring (bicyclic) bond motifs is 1. The molecule has 0 aliphatic carbocycles. The fourth-order valence-electron chi connectivity index (χ4n) is 2.25. The lowest BCUT2D eigenvalue weighted by atomic mass is 10.2. The van der Waals surface area contributed by atoms with Gasteiger partial charge in [0.05, 0.1) is 0 Å². The summed E-state index contributed by atoms with van der Waals surface area (Å²) in [5.74, 6) is 0.337. The SMILES string of the molecule is Cc1ccc(Cl)cc1NC(=O)COc1cccc2cccnc12. The number of hydrogen-bond acceptors (Lipinski definition) is 3. The number of aryl methyl sites for hydroxylation is 1. The Morgan fingerprint density at radius 2 is 2.04 bits per heavy atom. The van der Waals surface area contributed by atoms with Crippen LogP contribution in [-0.4, -0.2) is 17.5 Å². The summed E-state index contributed by atoms with van der Waals surface area (Å²) in [6, 6.07) is 14.8. The zero-order valence-electron chi connectivity index (χ0n) is 12.5. The zero-order valence-corrected chi connectivity index (χ0v) is 13.3. The predicted octanol–water partition coefficient (Wildman–Crippen LogP) is 4.21. The van der Waals surface area contributed by atoms with Crippen LogP contribution in [0, 0.1) is 6.92 Å². The van der Waals surface area contributed by atoms with Gasteiger partial charge in [-0.05, 0) is 36.8 Å². The number of para-hydroxylation sites is 1. The highest BCUT2D eigenvalue weighted by molar-refractivity contribution is 6.31. The molecule has 0 fully saturated rings. The van der Waals surface area contributed by atoms with Crippen LogP contribution in [0.1, 0.15) is 5.56 Å². The largest absolute Gasteiger partial charge is 0.481 e. The summed E-state index contributed by atoms with van der Waals surface area (Å²) in [5, 5.41) is 4.34. The number of carbonyl (C=O) groups is 1. The number of carbonyl (C=O) groups excluding carboxylic acids is 1. The van der Waals surface area contributed by atoms with Crippen LogP contribution in [0.15, 0.2) is 54.7 Å². The Hall–Kier alpha value is -2.59. The first-order chi connectivity index (χ1) is 11.1. The van der Waals surface area contributed by atoms with Gasteiger partial charge < -0.3 is 10.1 Å². The third kappa shape index (κ3) is 3.60. The normalized spacial score (nSPS) is 10.5. The number of amides is 1. The number of rotatable bonds is 4. The molecule has 0 saturated carbocycles. The summed E-state index contributed by atoms with van der Waals surface area (Å²) in [6.07, 6.45) is 1.70. The molecular formula is C18H15ClN2O2. The van der Waals surface area contributed by atoms with E-state index in [1.54, 1.807) is 24.4 Å². The van der Waals surface area contributed by atoms with Gasteiger partial charge in [0, 0.05) is 22.3 Å². The van der Waals surface area contributed by atoms with E-state index in [0.717, 1.165) is 16.5 Å². The lowest BCUT2D eigenvalue weighted by Crippen LogP contribution is -2.20. The van der Waals surface area contributed by atoms with E-state index in [4.69, 9.17) is 16.3 Å². The van der Waals surface area contributed by atoms with E-state index in [1.807, 2.05) is 37.3 Å². The third-order valence-corrected chi connectivity index (χ3v) is 3.66. The van der Waals surface area contributed by atoms with E-state index in [1.165, 1.54) is 0 Å². The van der Waals surface area contributed by atoms with Gasteiger partial charge in [0.2, 0.25) is 0 Å². The van der Waals surface area contributed by atoms with Gasteiger partial charge in [-0.15, -0.1) is 0 Å². The monoisotopic (exact) mass is 326 g/mol. The van der Waals surface area contributed by atoms with Crippen LogP contribution >= 0.6 is 11.6 Å². The van der Waals surface area contributed by atoms with Crippen LogP contribution in [0.25, 0.3) is 10.9 Å². The van der Waals surface area contributed by atoms with Crippen molar-refractivity contribution in [3.8, 4) is 5.75 Å². The summed E-state index contributed by atoms with van der Waals surface area (Å²) in [6.45, 7) is 1.81. The van der Waals surface area contributed by atoms with E-state index in [2.05, 4.69) is 10.3 Å². The van der Waals surface area contributed by atoms with Crippen molar-refractivity contribution >= 4 is 34.1 Å². The van der Waals surface area contributed by atoms with Crippen LogP contribution in [0.2, 0.25) is 5.02 Å². The van der Waals surface area contributed by atoms with Gasteiger partial charge in [-0.3, -0.25) is 9.78 Å². The molecule has 5 heteroatoms. The molecule has 1 aromatic heterocycles. The highest BCUT2D eigenvalue weighted by Gasteiger charge is 2.08. The molecule has 0 saturated heterocycles. The van der Waals surface area contributed by atoms with Crippen molar-refractivity contribution in [2.75, 3.05) is 11.9 Å². The Morgan fingerprint density at radius 3 is 2.91 bits per heavy atom. The van der Waals surface area contributed by atoms with Gasteiger partial charge in [0.1, 0.15) is 11.3 Å². The Labute approximate surface area is 139 Å². The highest BCUT2D eigenvalue weighted by Crippen LogP contribution is 2.23. The number of nitrogens with one attached hydrogen (secondary N) is 1. The fraction of sp³-hybridized carbons (Fsp3) is 0.111. The summed E-state index contributed by atoms with van der Waals surface area (Å²) in [5.41, 5.74) is 2.36. The molecule has 3 rings (SSSR count). The van der Waals surface area contributed by atoms with Gasteiger partial charge in [-0.2, -0.15) is 0 Å². The van der Waals surface area contributed by atoms with Crippen molar-refractivity contribution in [1.82, 2.24) is 4.98 Å². The quantitative estimate of drug-likeness (QED) is 0.781. The Morgan fingerprint density at radius 1 is 1.22 bits per heavy atom. The molecular weight excluding hydrogens is 312 g/mol. The van der Waals surface area contributed by atoms with E-state index in [-0.39, 0.29) is 12.5 Å². The summed E-state index contributed by atoms with van der Waals surface area (Å²) in [4.78, 5) is 16.4. The number of benzene rings is 2. The summed E-state index contributed by atoms with van der Waals surface area (Å²) in [7, 11) is 0. The third-order valence-electron chi connectivity index (χ3n) is 3.43. The second kappa shape index (κ2) is 6.67. The van der Waals surface area contributed by atoms with E-state index in [9.17, 15) is 4.79 Å². The smallest absolute Gasteiger partial charge is 0.262 e. The molecule has 116 valence electrons. The molecule has 4 nitrogen and oxygen atoms in total. The average Bonchev–Trinajstić information content (AvgIpc) is 2.56. The lowest BCUT2D eigenvalue weighted by Gasteiger charge is -2.11. The number of pyridine rings is 1. The van der Waals surface area contributed by atoms with Gasteiger partial charge >= 0.3 is 0 Å². The fourth-order valence-corrected chi connectivity index (χ4v) is 2.42.